The molecule has 1 aliphatic rings. The lowest BCUT2D eigenvalue weighted by Gasteiger charge is -2.40. The molecule has 0 aromatic rings. The standard InChI is InChI=1S/C27H47N4O12PS/c1-8-40-26(38)18(2)30-44(39)41-17-27(3,4)24(43-44)25(37)29-12-11-20(32)28-13-14-45-23(36)10-9-22(35)42-19(15-21(33)34)16-31(5,6)7/h18-19,24H,8-17H2,1-7H3,(H3-,28,29,30,32,33,34,37,39)/p+1/t18-,19+,24-,44?/m0/s1. The average molecular weight is 684 g/mol. The first-order chi connectivity index (χ1) is 20.8. The predicted molar refractivity (Wildman–Crippen MR) is 164 cm³/mol. The minimum atomic E-state index is -4.01. The Hall–Kier alpha value is -2.56. The number of likely N-dealkylation sites (N-methyl/N-ethyl adjacent to an activating group) is 1. The summed E-state index contributed by atoms with van der Waals surface area (Å²) in [5, 5.41) is 16.5. The highest BCUT2D eigenvalue weighted by molar-refractivity contribution is 8.13. The van der Waals surface area contributed by atoms with E-state index < -0.39 is 55.2 Å². The van der Waals surface area contributed by atoms with E-state index >= 15 is 0 Å². The summed E-state index contributed by atoms with van der Waals surface area (Å²) in [7, 11) is 1.52. The smallest absolute Gasteiger partial charge is 0.407 e. The molecule has 0 saturated carbocycles. The van der Waals surface area contributed by atoms with Crippen LogP contribution in [0.5, 0.6) is 0 Å². The van der Waals surface area contributed by atoms with Crippen LogP contribution in [0.1, 0.15) is 53.4 Å². The summed E-state index contributed by atoms with van der Waals surface area (Å²) < 4.78 is 34.5. The first-order valence-electron chi connectivity index (χ1n) is 14.6. The molecule has 0 radical (unpaired) electrons. The van der Waals surface area contributed by atoms with E-state index in [9.17, 15) is 33.3 Å². The summed E-state index contributed by atoms with van der Waals surface area (Å²) in [5.41, 5.74) is -0.860. The van der Waals surface area contributed by atoms with Crippen LogP contribution < -0.4 is 15.7 Å². The van der Waals surface area contributed by atoms with Crippen LogP contribution in [-0.4, -0.2) is 122 Å². The van der Waals surface area contributed by atoms with Crippen molar-refractivity contribution in [1.29, 1.82) is 0 Å². The van der Waals surface area contributed by atoms with E-state index in [4.69, 9.17) is 23.6 Å². The van der Waals surface area contributed by atoms with Gasteiger partial charge in [0.05, 0.1) is 47.2 Å². The summed E-state index contributed by atoms with van der Waals surface area (Å²) in [6, 6.07) is -1.00. The van der Waals surface area contributed by atoms with Gasteiger partial charge in [0, 0.05) is 37.1 Å². The predicted octanol–water partition coefficient (Wildman–Crippen LogP) is 0.833. The number of quaternary nitrogens is 1. The zero-order valence-electron chi connectivity index (χ0n) is 27.0. The SMILES string of the molecule is CCOC(=O)[C@H](C)NP1(=O)OCC(C)(C)[C@H](C(=O)NCCC(=O)NCCSC(=O)CCC(=O)O[C@H](CC(=O)O)C[N+](C)(C)C)O1. The van der Waals surface area contributed by atoms with Crippen LogP contribution in [0, 0.1) is 5.41 Å². The van der Waals surface area contributed by atoms with Gasteiger partial charge in [-0.15, -0.1) is 0 Å². The second kappa shape index (κ2) is 18.6. The Balaban J connectivity index is 2.38. The highest BCUT2D eigenvalue weighted by Gasteiger charge is 2.49. The lowest BCUT2D eigenvalue weighted by Crippen LogP contribution is -2.51. The van der Waals surface area contributed by atoms with Crippen molar-refractivity contribution < 1.29 is 61.4 Å². The van der Waals surface area contributed by atoms with Crippen LogP contribution in [-0.2, 0) is 51.9 Å². The molecule has 18 heteroatoms. The van der Waals surface area contributed by atoms with Crippen molar-refractivity contribution >= 4 is 54.3 Å². The van der Waals surface area contributed by atoms with E-state index in [1.807, 2.05) is 21.1 Å². The van der Waals surface area contributed by atoms with Crippen LogP contribution in [0.25, 0.3) is 0 Å². The third kappa shape index (κ3) is 16.5. The Morgan fingerprint density at radius 2 is 1.73 bits per heavy atom. The molecular weight excluding hydrogens is 635 g/mol. The number of aliphatic carboxylic acids is 1. The van der Waals surface area contributed by atoms with Crippen LogP contribution >= 0.6 is 19.5 Å². The number of carbonyl (C=O) groups is 6. The molecule has 4 atom stereocenters. The van der Waals surface area contributed by atoms with Gasteiger partial charge in [-0.05, 0) is 13.8 Å². The second-order valence-corrected chi connectivity index (χ2v) is 15.0. The number of nitrogens with one attached hydrogen (secondary N) is 3. The highest BCUT2D eigenvalue weighted by atomic mass is 32.2. The molecule has 1 rings (SSSR count). The number of ether oxygens (including phenoxy) is 2. The lowest BCUT2D eigenvalue weighted by molar-refractivity contribution is -0.873. The van der Waals surface area contributed by atoms with Crippen molar-refractivity contribution in [2.45, 2.75) is 71.6 Å². The quantitative estimate of drug-likeness (QED) is 0.0643. The maximum Gasteiger partial charge on any atom is 0.407 e. The van der Waals surface area contributed by atoms with Crippen molar-refractivity contribution in [2.75, 3.05) is 59.7 Å². The van der Waals surface area contributed by atoms with Gasteiger partial charge in [0.25, 0.3) is 0 Å². The molecule has 1 heterocycles. The number of carbonyl (C=O) groups excluding carboxylic acids is 5. The molecule has 1 fully saturated rings. The van der Waals surface area contributed by atoms with Crippen molar-refractivity contribution in [3.8, 4) is 0 Å². The zero-order valence-corrected chi connectivity index (χ0v) is 28.8. The number of thioether (sulfide) groups is 1. The summed E-state index contributed by atoms with van der Waals surface area (Å²) in [4.78, 5) is 72.3. The number of amides is 2. The van der Waals surface area contributed by atoms with Gasteiger partial charge >= 0.3 is 25.7 Å². The number of carboxylic acids is 1. The van der Waals surface area contributed by atoms with Crippen LogP contribution in [0.3, 0.4) is 0 Å². The molecule has 0 aromatic carbocycles. The zero-order chi connectivity index (χ0) is 34.4. The van der Waals surface area contributed by atoms with Gasteiger partial charge in [-0.3, -0.25) is 37.8 Å². The number of hydrogen-bond acceptors (Lipinski definition) is 12. The second-order valence-electron chi connectivity index (χ2n) is 12.1. The third-order valence-electron chi connectivity index (χ3n) is 6.11. The molecule has 0 bridgehead atoms. The van der Waals surface area contributed by atoms with Crippen LogP contribution in [0.2, 0.25) is 0 Å². The lowest BCUT2D eigenvalue weighted by atomic mass is 9.87. The first kappa shape index (κ1) is 40.5. The van der Waals surface area contributed by atoms with Gasteiger partial charge < -0.3 is 29.7 Å². The summed E-state index contributed by atoms with van der Waals surface area (Å²) >= 11 is 0.937. The Bertz CT molecular complexity index is 1110. The molecule has 1 saturated heterocycles. The van der Waals surface area contributed by atoms with Crippen LogP contribution in [0.4, 0.5) is 0 Å². The van der Waals surface area contributed by atoms with Gasteiger partial charge in [0.1, 0.15) is 12.6 Å². The molecule has 0 aromatic heterocycles. The first-order valence-corrected chi connectivity index (χ1v) is 17.1. The molecule has 258 valence electrons. The number of esters is 2. The van der Waals surface area contributed by atoms with E-state index in [0.29, 0.717) is 11.0 Å². The van der Waals surface area contributed by atoms with E-state index in [2.05, 4.69) is 15.7 Å². The number of hydrogen-bond donors (Lipinski definition) is 4. The molecule has 16 nitrogen and oxygen atoms in total. The Morgan fingerprint density at radius 3 is 2.33 bits per heavy atom. The highest BCUT2D eigenvalue weighted by Crippen LogP contribution is 2.53. The molecule has 0 aliphatic carbocycles. The molecule has 2 amide bonds. The monoisotopic (exact) mass is 683 g/mol. The largest absolute Gasteiger partial charge is 0.481 e. The van der Waals surface area contributed by atoms with E-state index in [-0.39, 0.29) is 68.8 Å². The topological polar surface area (TPSA) is 213 Å². The van der Waals surface area contributed by atoms with E-state index in [0.717, 1.165) is 11.8 Å². The minimum Gasteiger partial charge on any atom is -0.481 e. The molecule has 1 aliphatic heterocycles. The molecule has 0 spiro atoms. The van der Waals surface area contributed by atoms with Crippen molar-refractivity contribution in [1.82, 2.24) is 15.7 Å². The number of rotatable bonds is 19. The molecule has 1 unspecified atom stereocenters. The van der Waals surface area contributed by atoms with E-state index in [1.54, 1.807) is 20.8 Å². The van der Waals surface area contributed by atoms with Gasteiger partial charge in [-0.2, -0.15) is 0 Å². The third-order valence-corrected chi connectivity index (χ3v) is 8.71. The molecule has 45 heavy (non-hydrogen) atoms. The Morgan fingerprint density at radius 1 is 1.07 bits per heavy atom. The van der Waals surface area contributed by atoms with Crippen LogP contribution in [0.15, 0.2) is 0 Å². The van der Waals surface area contributed by atoms with Crippen molar-refractivity contribution in [2.24, 2.45) is 5.41 Å². The summed E-state index contributed by atoms with van der Waals surface area (Å²) in [5.74, 6) is -3.12. The fourth-order valence-corrected chi connectivity index (χ4v) is 6.59. The van der Waals surface area contributed by atoms with Gasteiger partial charge in [-0.25, -0.2) is 9.65 Å². The average Bonchev–Trinajstić information content (AvgIpc) is 2.90. The summed E-state index contributed by atoms with van der Waals surface area (Å²) in [6.07, 6.45) is -2.68. The summed E-state index contributed by atoms with van der Waals surface area (Å²) in [6.45, 7) is 6.91. The minimum absolute atomic E-state index is 0.0381. The van der Waals surface area contributed by atoms with E-state index in [1.165, 1.54) is 6.92 Å². The fraction of sp³-hybridized carbons (Fsp3) is 0.778. The Kier molecular flexibility index (Phi) is 16.7. The van der Waals surface area contributed by atoms with Crippen molar-refractivity contribution in [3.05, 3.63) is 0 Å². The van der Waals surface area contributed by atoms with Gasteiger partial charge in [-0.1, -0.05) is 25.6 Å². The number of nitrogens with zero attached hydrogens (tertiary/aromatic N) is 1. The molecular formula is C27H48N4O12PS+. The maximum atomic E-state index is 13.1. The normalized spacial score (nSPS) is 20.7. The van der Waals surface area contributed by atoms with Gasteiger partial charge in [0.15, 0.2) is 17.3 Å². The number of carboxylic acid groups (broad SMARTS) is 1. The molecule has 4 N–H and O–H groups in total. The van der Waals surface area contributed by atoms with Gasteiger partial charge in [0.2, 0.25) is 11.8 Å². The maximum absolute atomic E-state index is 13.1. The van der Waals surface area contributed by atoms with Crippen molar-refractivity contribution in [3.63, 3.8) is 0 Å². The Labute approximate surface area is 268 Å². The fourth-order valence-electron chi connectivity index (χ4n) is 3.97.